The van der Waals surface area contributed by atoms with Crippen molar-refractivity contribution in [2.24, 2.45) is 0 Å². The van der Waals surface area contributed by atoms with Crippen LogP contribution in [0.3, 0.4) is 0 Å². The molecule has 0 fully saturated rings. The van der Waals surface area contributed by atoms with E-state index in [0.717, 1.165) is 10.0 Å². The summed E-state index contributed by atoms with van der Waals surface area (Å²) in [6.45, 7) is 9.46. The molecule has 0 atom stereocenters. The fraction of sp³-hybridized carbons (Fsp3) is 0.400. The van der Waals surface area contributed by atoms with E-state index in [1.54, 1.807) is 12.1 Å². The Labute approximate surface area is 168 Å². The highest BCUT2D eigenvalue weighted by Gasteiger charge is 2.15. The lowest BCUT2D eigenvalue weighted by atomic mass is 10.1. The van der Waals surface area contributed by atoms with Crippen LogP contribution >= 0.6 is 27.5 Å². The van der Waals surface area contributed by atoms with E-state index in [1.807, 2.05) is 19.1 Å². The summed E-state index contributed by atoms with van der Waals surface area (Å²) in [6, 6.07) is 8.36. The van der Waals surface area contributed by atoms with Gasteiger partial charge < -0.3 is 14.8 Å². The van der Waals surface area contributed by atoms with Crippen LogP contribution in [0, 0.1) is 5.82 Å². The summed E-state index contributed by atoms with van der Waals surface area (Å²) in [5.74, 6) is 0.770. The molecule has 0 amide bonds. The zero-order valence-corrected chi connectivity index (χ0v) is 17.8. The van der Waals surface area contributed by atoms with Crippen molar-refractivity contribution in [1.29, 1.82) is 0 Å². The second-order valence-corrected chi connectivity index (χ2v) is 8.18. The molecule has 1 N–H and O–H groups in total. The first-order valence-electron chi connectivity index (χ1n) is 8.47. The van der Waals surface area contributed by atoms with E-state index in [-0.39, 0.29) is 18.0 Å². The van der Waals surface area contributed by atoms with Crippen molar-refractivity contribution in [2.45, 2.75) is 46.4 Å². The first-order valence-corrected chi connectivity index (χ1v) is 9.64. The van der Waals surface area contributed by atoms with Gasteiger partial charge in [-0.25, -0.2) is 4.39 Å². The molecule has 142 valence electrons. The Kier molecular flexibility index (Phi) is 7.33. The molecule has 0 heterocycles. The fourth-order valence-corrected chi connectivity index (χ4v) is 2.95. The van der Waals surface area contributed by atoms with Gasteiger partial charge in [0.1, 0.15) is 12.4 Å². The number of nitrogens with one attached hydrogen (secondary N) is 1. The van der Waals surface area contributed by atoms with Gasteiger partial charge in [-0.1, -0.05) is 33.6 Å². The van der Waals surface area contributed by atoms with E-state index in [1.165, 1.54) is 6.07 Å². The van der Waals surface area contributed by atoms with Gasteiger partial charge in [0.25, 0.3) is 0 Å². The predicted octanol–water partition coefficient (Wildman–Crippen LogP) is 6.11. The lowest BCUT2D eigenvalue weighted by Crippen LogP contribution is -2.35. The lowest BCUT2D eigenvalue weighted by molar-refractivity contribution is 0.265. The first kappa shape index (κ1) is 21.0. The van der Waals surface area contributed by atoms with Crippen LogP contribution in [0.25, 0.3) is 0 Å². The van der Waals surface area contributed by atoms with Crippen LogP contribution in [0.1, 0.15) is 38.8 Å². The first-order chi connectivity index (χ1) is 12.2. The van der Waals surface area contributed by atoms with Gasteiger partial charge in [0.2, 0.25) is 0 Å². The summed E-state index contributed by atoms with van der Waals surface area (Å²) in [5, 5.41) is 3.79. The molecule has 0 saturated heterocycles. The molecule has 0 aliphatic carbocycles. The number of benzene rings is 2. The van der Waals surface area contributed by atoms with E-state index in [4.69, 9.17) is 21.1 Å². The monoisotopic (exact) mass is 443 g/mol. The van der Waals surface area contributed by atoms with E-state index < -0.39 is 0 Å². The Morgan fingerprint density at radius 1 is 1.15 bits per heavy atom. The van der Waals surface area contributed by atoms with Crippen molar-refractivity contribution in [1.82, 2.24) is 5.32 Å². The molecule has 2 aromatic rings. The minimum Gasteiger partial charge on any atom is -0.490 e. The van der Waals surface area contributed by atoms with Gasteiger partial charge in [0.15, 0.2) is 11.5 Å². The molecule has 3 nitrogen and oxygen atoms in total. The SMILES string of the molecule is CCOc1cc(CNC(C)(C)C)c(Br)cc1OCc1c(F)cccc1Cl. The van der Waals surface area contributed by atoms with Crippen LogP contribution in [0.2, 0.25) is 5.02 Å². The Morgan fingerprint density at radius 3 is 2.46 bits per heavy atom. The van der Waals surface area contributed by atoms with Crippen molar-refractivity contribution in [2.75, 3.05) is 6.61 Å². The summed E-state index contributed by atoms with van der Waals surface area (Å²) in [6.07, 6.45) is 0. The maximum Gasteiger partial charge on any atom is 0.162 e. The van der Waals surface area contributed by atoms with E-state index >= 15 is 0 Å². The summed E-state index contributed by atoms with van der Waals surface area (Å²) < 4.78 is 26.4. The highest BCUT2D eigenvalue weighted by atomic mass is 79.9. The Bertz CT molecular complexity index is 742. The van der Waals surface area contributed by atoms with E-state index in [9.17, 15) is 4.39 Å². The van der Waals surface area contributed by atoms with Crippen LogP contribution in [-0.2, 0) is 13.2 Å². The van der Waals surface area contributed by atoms with E-state index in [2.05, 4.69) is 42.0 Å². The Balaban J connectivity index is 2.23. The maximum atomic E-state index is 13.9. The smallest absolute Gasteiger partial charge is 0.162 e. The van der Waals surface area contributed by atoms with Gasteiger partial charge in [-0.05, 0) is 57.5 Å². The average Bonchev–Trinajstić information content (AvgIpc) is 2.54. The van der Waals surface area contributed by atoms with E-state index in [0.29, 0.717) is 35.2 Å². The molecule has 26 heavy (non-hydrogen) atoms. The zero-order valence-electron chi connectivity index (χ0n) is 15.5. The molecule has 0 aliphatic heterocycles. The standard InChI is InChI=1S/C20H24BrClFNO2/c1-5-25-18-9-13(11-24-20(2,3)4)15(21)10-19(18)26-12-14-16(22)7-6-8-17(14)23/h6-10,24H,5,11-12H2,1-4H3. The molecule has 0 aliphatic rings. The van der Waals surface area contributed by atoms with Gasteiger partial charge in [-0.3, -0.25) is 0 Å². The molecule has 0 radical (unpaired) electrons. The van der Waals surface area contributed by atoms with Crippen molar-refractivity contribution >= 4 is 27.5 Å². The molecule has 0 saturated carbocycles. The number of hydrogen-bond acceptors (Lipinski definition) is 3. The van der Waals surface area contributed by atoms with Crippen LogP contribution in [0.5, 0.6) is 11.5 Å². The van der Waals surface area contributed by atoms with Crippen molar-refractivity contribution < 1.29 is 13.9 Å². The van der Waals surface area contributed by atoms with Crippen molar-refractivity contribution in [3.05, 3.63) is 56.8 Å². The van der Waals surface area contributed by atoms with Gasteiger partial charge in [-0.2, -0.15) is 0 Å². The number of hydrogen-bond donors (Lipinski definition) is 1. The number of halogens is 3. The minimum atomic E-state index is -0.388. The molecular weight excluding hydrogens is 421 g/mol. The van der Waals surface area contributed by atoms with Crippen LogP contribution < -0.4 is 14.8 Å². The topological polar surface area (TPSA) is 30.5 Å². The molecule has 0 unspecified atom stereocenters. The second-order valence-electron chi connectivity index (χ2n) is 6.92. The molecule has 0 aromatic heterocycles. The van der Waals surface area contributed by atoms with Crippen LogP contribution in [0.4, 0.5) is 4.39 Å². The summed E-state index contributed by atoms with van der Waals surface area (Å²) >= 11 is 9.65. The van der Waals surface area contributed by atoms with Gasteiger partial charge in [-0.15, -0.1) is 0 Å². The second kappa shape index (κ2) is 9.07. The zero-order chi connectivity index (χ0) is 19.3. The van der Waals surface area contributed by atoms with Gasteiger partial charge in [0, 0.05) is 22.1 Å². The molecule has 6 heteroatoms. The normalized spacial score (nSPS) is 11.5. The average molecular weight is 445 g/mol. The largest absolute Gasteiger partial charge is 0.490 e. The third kappa shape index (κ3) is 5.86. The predicted molar refractivity (Wildman–Crippen MR) is 108 cm³/mol. The molecule has 2 aromatic carbocycles. The van der Waals surface area contributed by atoms with Gasteiger partial charge >= 0.3 is 0 Å². The highest BCUT2D eigenvalue weighted by molar-refractivity contribution is 9.10. The van der Waals surface area contributed by atoms with Crippen LogP contribution in [-0.4, -0.2) is 12.1 Å². The van der Waals surface area contributed by atoms with Crippen molar-refractivity contribution in [3.63, 3.8) is 0 Å². The number of ether oxygens (including phenoxy) is 2. The van der Waals surface area contributed by atoms with Crippen LogP contribution in [0.15, 0.2) is 34.8 Å². The molecule has 2 rings (SSSR count). The number of rotatable bonds is 7. The fourth-order valence-electron chi connectivity index (χ4n) is 2.27. The van der Waals surface area contributed by atoms with Gasteiger partial charge in [0.05, 0.1) is 11.6 Å². The third-order valence-corrected chi connectivity index (χ3v) is 4.75. The Hall–Kier alpha value is -1.30. The quantitative estimate of drug-likeness (QED) is 0.559. The molecular formula is C20H24BrClFNO2. The molecule has 0 bridgehead atoms. The Morgan fingerprint density at radius 2 is 1.85 bits per heavy atom. The maximum absolute atomic E-state index is 13.9. The third-order valence-electron chi connectivity index (χ3n) is 3.66. The minimum absolute atomic E-state index is 0.00196. The lowest BCUT2D eigenvalue weighted by Gasteiger charge is -2.22. The highest BCUT2D eigenvalue weighted by Crippen LogP contribution is 2.35. The summed E-state index contributed by atoms with van der Waals surface area (Å²) in [4.78, 5) is 0. The summed E-state index contributed by atoms with van der Waals surface area (Å²) in [5.41, 5.74) is 1.38. The molecule has 0 spiro atoms. The van der Waals surface area contributed by atoms with Crippen molar-refractivity contribution in [3.8, 4) is 11.5 Å². The summed E-state index contributed by atoms with van der Waals surface area (Å²) in [7, 11) is 0.